The van der Waals surface area contributed by atoms with E-state index in [4.69, 9.17) is 0 Å². The van der Waals surface area contributed by atoms with Crippen LogP contribution in [0.4, 0.5) is 0 Å². The smallest absolute Gasteiger partial charge is 0.0783 e. The molecule has 1 aromatic carbocycles. The molecule has 0 radical (unpaired) electrons. The standard InChI is InChI=1S/C14H23NO2S/c1-4-7-15-9-13(16)10-18(17)14-6-5-11(2)12(3)8-14/h5-6,8,13,15-16H,4,7,9-10H2,1-3H3. The SMILES string of the molecule is CCCNCC(O)CS(=O)c1ccc(C)c(C)c1. The van der Waals surface area contributed by atoms with Gasteiger partial charge < -0.3 is 10.4 Å². The first-order valence-electron chi connectivity index (χ1n) is 6.39. The van der Waals surface area contributed by atoms with Crippen LogP contribution in [0.3, 0.4) is 0 Å². The van der Waals surface area contributed by atoms with E-state index in [0.717, 1.165) is 23.4 Å². The van der Waals surface area contributed by atoms with Crippen LogP contribution in [0.5, 0.6) is 0 Å². The molecular weight excluding hydrogens is 246 g/mol. The minimum absolute atomic E-state index is 0.291. The van der Waals surface area contributed by atoms with Crippen LogP contribution in [0.15, 0.2) is 23.1 Å². The van der Waals surface area contributed by atoms with Crippen molar-refractivity contribution in [2.24, 2.45) is 0 Å². The highest BCUT2D eigenvalue weighted by atomic mass is 32.2. The lowest BCUT2D eigenvalue weighted by atomic mass is 10.1. The minimum atomic E-state index is -1.13. The molecule has 2 N–H and O–H groups in total. The van der Waals surface area contributed by atoms with Crippen LogP contribution in [-0.2, 0) is 10.8 Å². The van der Waals surface area contributed by atoms with E-state index in [2.05, 4.69) is 12.2 Å². The van der Waals surface area contributed by atoms with Crippen molar-refractivity contribution in [2.75, 3.05) is 18.8 Å². The van der Waals surface area contributed by atoms with Gasteiger partial charge in [-0.05, 0) is 50.1 Å². The molecule has 0 aliphatic heterocycles. The third kappa shape index (κ3) is 4.88. The molecule has 0 bridgehead atoms. The van der Waals surface area contributed by atoms with Crippen molar-refractivity contribution < 1.29 is 9.32 Å². The van der Waals surface area contributed by atoms with Crippen LogP contribution in [0.25, 0.3) is 0 Å². The summed E-state index contributed by atoms with van der Waals surface area (Å²) in [5.41, 5.74) is 2.33. The van der Waals surface area contributed by atoms with Crippen LogP contribution < -0.4 is 5.32 Å². The van der Waals surface area contributed by atoms with Crippen molar-refractivity contribution in [1.82, 2.24) is 5.32 Å². The second-order valence-corrected chi connectivity index (χ2v) is 6.11. The Kier molecular flexibility index (Phi) is 6.54. The number of rotatable bonds is 7. The normalized spacial score (nSPS) is 14.4. The molecular formula is C14H23NO2S. The van der Waals surface area contributed by atoms with Crippen molar-refractivity contribution in [2.45, 2.75) is 38.2 Å². The first-order valence-corrected chi connectivity index (χ1v) is 7.71. The Morgan fingerprint density at radius 3 is 2.67 bits per heavy atom. The van der Waals surface area contributed by atoms with Gasteiger partial charge in [0.25, 0.3) is 0 Å². The van der Waals surface area contributed by atoms with Gasteiger partial charge in [0.05, 0.1) is 22.7 Å². The van der Waals surface area contributed by atoms with E-state index in [1.165, 1.54) is 5.56 Å². The van der Waals surface area contributed by atoms with Crippen molar-refractivity contribution >= 4 is 10.8 Å². The summed E-state index contributed by atoms with van der Waals surface area (Å²) < 4.78 is 12.1. The van der Waals surface area contributed by atoms with Gasteiger partial charge in [0, 0.05) is 11.4 Å². The van der Waals surface area contributed by atoms with Gasteiger partial charge in [0.2, 0.25) is 0 Å². The van der Waals surface area contributed by atoms with Crippen LogP contribution in [0.2, 0.25) is 0 Å². The average Bonchev–Trinajstić information content (AvgIpc) is 2.33. The molecule has 0 aliphatic rings. The van der Waals surface area contributed by atoms with E-state index >= 15 is 0 Å². The second-order valence-electron chi connectivity index (χ2n) is 4.62. The highest BCUT2D eigenvalue weighted by Crippen LogP contribution is 2.13. The van der Waals surface area contributed by atoms with Crippen molar-refractivity contribution in [3.05, 3.63) is 29.3 Å². The minimum Gasteiger partial charge on any atom is -0.391 e. The molecule has 1 aromatic rings. The van der Waals surface area contributed by atoms with Crippen LogP contribution in [0, 0.1) is 13.8 Å². The molecule has 102 valence electrons. The zero-order valence-corrected chi connectivity index (χ0v) is 12.2. The second kappa shape index (κ2) is 7.67. The number of benzene rings is 1. The van der Waals surface area contributed by atoms with E-state index in [1.807, 2.05) is 32.0 Å². The number of aliphatic hydroxyl groups excluding tert-OH is 1. The molecule has 0 fully saturated rings. The molecule has 0 aromatic heterocycles. The average molecular weight is 269 g/mol. The van der Waals surface area contributed by atoms with Gasteiger partial charge in [-0.1, -0.05) is 13.0 Å². The van der Waals surface area contributed by atoms with E-state index in [1.54, 1.807) is 0 Å². The van der Waals surface area contributed by atoms with Crippen LogP contribution in [0.1, 0.15) is 24.5 Å². The molecule has 0 aliphatic carbocycles. The Bertz CT molecular complexity index is 407. The van der Waals surface area contributed by atoms with Crippen molar-refractivity contribution in [3.63, 3.8) is 0 Å². The third-order valence-electron chi connectivity index (χ3n) is 2.89. The third-order valence-corrected chi connectivity index (χ3v) is 4.36. The topological polar surface area (TPSA) is 49.3 Å². The predicted octanol–water partition coefficient (Wildman–Crippen LogP) is 1.77. The molecule has 0 heterocycles. The molecule has 18 heavy (non-hydrogen) atoms. The van der Waals surface area contributed by atoms with Gasteiger partial charge in [-0.15, -0.1) is 0 Å². The van der Waals surface area contributed by atoms with E-state index in [-0.39, 0.29) is 0 Å². The lowest BCUT2D eigenvalue weighted by molar-refractivity contribution is 0.195. The van der Waals surface area contributed by atoms with Gasteiger partial charge in [-0.2, -0.15) is 0 Å². The molecule has 2 atom stereocenters. The van der Waals surface area contributed by atoms with Gasteiger partial charge in [-0.3, -0.25) is 4.21 Å². The molecule has 0 saturated heterocycles. The van der Waals surface area contributed by atoms with E-state index in [0.29, 0.717) is 12.3 Å². The molecule has 4 heteroatoms. The lowest BCUT2D eigenvalue weighted by Gasteiger charge is -2.12. The highest BCUT2D eigenvalue weighted by molar-refractivity contribution is 7.85. The number of hydrogen-bond acceptors (Lipinski definition) is 3. The fraction of sp³-hybridized carbons (Fsp3) is 0.571. The monoisotopic (exact) mass is 269 g/mol. The molecule has 0 saturated carbocycles. The predicted molar refractivity (Wildman–Crippen MR) is 76.4 cm³/mol. The Morgan fingerprint density at radius 2 is 2.06 bits per heavy atom. The Labute approximate surface area is 112 Å². The fourth-order valence-corrected chi connectivity index (χ4v) is 2.82. The lowest BCUT2D eigenvalue weighted by Crippen LogP contribution is -2.31. The molecule has 1 rings (SSSR count). The Hall–Kier alpha value is -0.710. The largest absolute Gasteiger partial charge is 0.391 e. The van der Waals surface area contributed by atoms with Gasteiger partial charge in [0.1, 0.15) is 0 Å². The molecule has 2 unspecified atom stereocenters. The van der Waals surface area contributed by atoms with Crippen molar-refractivity contribution in [3.8, 4) is 0 Å². The maximum absolute atomic E-state index is 12.1. The summed E-state index contributed by atoms with van der Waals surface area (Å²) in [5, 5.41) is 12.9. The summed E-state index contributed by atoms with van der Waals surface area (Å²) in [4.78, 5) is 0.799. The van der Waals surface area contributed by atoms with Gasteiger partial charge in [0.15, 0.2) is 0 Å². The number of nitrogens with one attached hydrogen (secondary N) is 1. The maximum atomic E-state index is 12.1. The first-order chi connectivity index (χ1) is 8.54. The summed E-state index contributed by atoms with van der Waals surface area (Å²) in [7, 11) is -1.13. The Morgan fingerprint density at radius 1 is 1.33 bits per heavy atom. The molecule has 0 amide bonds. The summed E-state index contributed by atoms with van der Waals surface area (Å²) >= 11 is 0. The van der Waals surface area contributed by atoms with Gasteiger partial charge in [-0.25, -0.2) is 0 Å². The summed E-state index contributed by atoms with van der Waals surface area (Å²) in [6.45, 7) is 7.51. The van der Waals surface area contributed by atoms with Crippen molar-refractivity contribution in [1.29, 1.82) is 0 Å². The summed E-state index contributed by atoms with van der Waals surface area (Å²) in [5.74, 6) is 0.291. The van der Waals surface area contributed by atoms with E-state index in [9.17, 15) is 9.32 Å². The highest BCUT2D eigenvalue weighted by Gasteiger charge is 2.11. The quantitative estimate of drug-likeness (QED) is 0.742. The molecule has 3 nitrogen and oxygen atoms in total. The van der Waals surface area contributed by atoms with Crippen LogP contribution in [-0.4, -0.2) is 34.3 Å². The summed E-state index contributed by atoms with van der Waals surface area (Å²) in [6.07, 6.45) is 0.478. The number of aliphatic hydroxyl groups is 1. The Balaban J connectivity index is 2.51. The first kappa shape index (κ1) is 15.3. The number of aryl methyl sites for hydroxylation is 2. The van der Waals surface area contributed by atoms with E-state index < -0.39 is 16.9 Å². The zero-order chi connectivity index (χ0) is 13.5. The maximum Gasteiger partial charge on any atom is 0.0783 e. The van der Waals surface area contributed by atoms with Crippen LogP contribution >= 0.6 is 0 Å². The fourth-order valence-electron chi connectivity index (χ4n) is 1.63. The van der Waals surface area contributed by atoms with Gasteiger partial charge >= 0.3 is 0 Å². The zero-order valence-electron chi connectivity index (χ0n) is 11.4. The molecule has 0 spiro atoms. The summed E-state index contributed by atoms with van der Waals surface area (Å²) in [6, 6.07) is 5.80. The number of hydrogen-bond donors (Lipinski definition) is 2.